The van der Waals surface area contributed by atoms with Crippen LogP contribution in [0.1, 0.15) is 43.5 Å². The van der Waals surface area contributed by atoms with Gasteiger partial charge < -0.3 is 13.6 Å². The van der Waals surface area contributed by atoms with Gasteiger partial charge in [-0.15, -0.1) is 0 Å². The molecule has 55 heavy (non-hydrogen) atoms. The monoisotopic (exact) mass is 706 g/mol. The Bertz CT molecular complexity index is 3330. The summed E-state index contributed by atoms with van der Waals surface area (Å²) in [6.07, 6.45) is 9.32. The van der Waals surface area contributed by atoms with Gasteiger partial charge in [-0.05, 0) is 77.2 Å². The van der Waals surface area contributed by atoms with Crippen molar-refractivity contribution in [1.29, 1.82) is 0 Å². The van der Waals surface area contributed by atoms with Gasteiger partial charge >= 0.3 is 0 Å². The van der Waals surface area contributed by atoms with Crippen LogP contribution in [-0.4, -0.2) is 9.13 Å². The standard InChI is InChI=1S/C52H38N2O/c1-51(2)38-20-8-4-16-32(38)34-27-29-43-47(49(34)51)36-18-5-11-23-41(36)54(43)46-26-14-15-31-52(46,3)39-21-9-12-24-42(39)53-40-22-10-6-19-37(40)48-44(53)30-28-35-33-17-7-13-25-45(33)55-50(35)48/h4-31,46H,1-3H3/t46?,52-/m1/s1. The van der Waals surface area contributed by atoms with Crippen LogP contribution in [0.5, 0.6) is 0 Å². The number of allylic oxidation sites excluding steroid dienone is 4. The molecule has 0 aliphatic heterocycles. The summed E-state index contributed by atoms with van der Waals surface area (Å²) in [5.74, 6) is 0. The van der Waals surface area contributed by atoms with Gasteiger partial charge in [-0.2, -0.15) is 0 Å². The summed E-state index contributed by atoms with van der Waals surface area (Å²) in [5, 5.41) is 7.32. The average Bonchev–Trinajstić information content (AvgIpc) is 3.93. The number of nitrogens with zero attached hydrogens (tertiary/aromatic N) is 2. The van der Waals surface area contributed by atoms with E-state index in [0.29, 0.717) is 0 Å². The van der Waals surface area contributed by atoms with Gasteiger partial charge in [0.1, 0.15) is 11.2 Å². The van der Waals surface area contributed by atoms with Crippen molar-refractivity contribution in [2.24, 2.45) is 0 Å². The molecule has 3 aromatic heterocycles. The van der Waals surface area contributed by atoms with Gasteiger partial charge in [0, 0.05) is 43.3 Å². The molecule has 10 aromatic rings. The van der Waals surface area contributed by atoms with Crippen molar-refractivity contribution in [2.75, 3.05) is 0 Å². The molecule has 12 rings (SSSR count). The second kappa shape index (κ2) is 10.8. The largest absolute Gasteiger partial charge is 0.455 e. The predicted octanol–water partition coefficient (Wildman–Crippen LogP) is 13.7. The molecule has 0 amide bonds. The van der Waals surface area contributed by atoms with E-state index in [0.717, 1.165) is 32.8 Å². The Balaban J connectivity index is 1.12. The number of para-hydroxylation sites is 4. The zero-order chi connectivity index (χ0) is 36.6. The highest BCUT2D eigenvalue weighted by atomic mass is 16.3. The minimum atomic E-state index is -0.404. The highest BCUT2D eigenvalue weighted by molar-refractivity contribution is 6.24. The third-order valence-electron chi connectivity index (χ3n) is 13.0. The van der Waals surface area contributed by atoms with E-state index < -0.39 is 5.41 Å². The van der Waals surface area contributed by atoms with Crippen molar-refractivity contribution in [2.45, 2.75) is 37.6 Å². The van der Waals surface area contributed by atoms with Crippen LogP contribution in [0, 0.1) is 0 Å². The van der Waals surface area contributed by atoms with Gasteiger partial charge in [-0.3, -0.25) is 0 Å². The molecule has 0 saturated carbocycles. The maximum absolute atomic E-state index is 6.67. The van der Waals surface area contributed by atoms with Crippen molar-refractivity contribution in [3.63, 3.8) is 0 Å². The van der Waals surface area contributed by atoms with Crippen LogP contribution in [0.15, 0.2) is 174 Å². The third kappa shape index (κ3) is 3.90. The summed E-state index contributed by atoms with van der Waals surface area (Å²) < 4.78 is 11.8. The van der Waals surface area contributed by atoms with Crippen LogP contribution >= 0.6 is 0 Å². The van der Waals surface area contributed by atoms with E-state index >= 15 is 0 Å². The van der Waals surface area contributed by atoms with Gasteiger partial charge in [0.2, 0.25) is 0 Å². The normalized spacial score (nSPS) is 18.7. The molecule has 1 unspecified atom stereocenters. The van der Waals surface area contributed by atoms with Crippen LogP contribution < -0.4 is 0 Å². The summed E-state index contributed by atoms with van der Waals surface area (Å²) >= 11 is 0. The zero-order valence-electron chi connectivity index (χ0n) is 31.0. The van der Waals surface area contributed by atoms with Crippen molar-refractivity contribution in [1.82, 2.24) is 9.13 Å². The van der Waals surface area contributed by atoms with Gasteiger partial charge in [0.05, 0.1) is 33.7 Å². The van der Waals surface area contributed by atoms with Gasteiger partial charge in [-0.25, -0.2) is 0 Å². The van der Waals surface area contributed by atoms with E-state index in [1.807, 2.05) is 0 Å². The molecule has 0 bridgehead atoms. The number of hydrogen-bond donors (Lipinski definition) is 0. The number of aromatic nitrogens is 2. The molecule has 2 atom stereocenters. The molecule has 0 radical (unpaired) electrons. The van der Waals surface area contributed by atoms with Crippen LogP contribution in [0.25, 0.3) is 82.4 Å². The summed E-state index contributed by atoms with van der Waals surface area (Å²) in [6, 6.07) is 53.5. The Kier molecular flexibility index (Phi) is 6.04. The summed E-state index contributed by atoms with van der Waals surface area (Å²) in [7, 11) is 0. The third-order valence-corrected chi connectivity index (χ3v) is 13.0. The average molecular weight is 707 g/mol. The van der Waals surface area contributed by atoms with E-state index in [2.05, 4.69) is 200 Å². The second-order valence-corrected chi connectivity index (χ2v) is 16.2. The lowest BCUT2D eigenvalue weighted by molar-refractivity contribution is 0.430. The second-order valence-electron chi connectivity index (χ2n) is 16.2. The first-order valence-electron chi connectivity index (χ1n) is 19.4. The van der Waals surface area contributed by atoms with Crippen molar-refractivity contribution >= 4 is 65.6 Å². The molecule has 0 N–H and O–H groups in total. The molecule has 7 aromatic carbocycles. The van der Waals surface area contributed by atoms with E-state index in [1.54, 1.807) is 0 Å². The van der Waals surface area contributed by atoms with E-state index in [-0.39, 0.29) is 11.5 Å². The molecular weight excluding hydrogens is 669 g/mol. The van der Waals surface area contributed by atoms with Crippen molar-refractivity contribution in [3.05, 3.63) is 187 Å². The Morgan fingerprint density at radius 2 is 1.18 bits per heavy atom. The van der Waals surface area contributed by atoms with Crippen LogP contribution in [0.3, 0.4) is 0 Å². The molecule has 3 nitrogen and oxygen atoms in total. The molecule has 0 spiro atoms. The summed E-state index contributed by atoms with van der Waals surface area (Å²) in [5.41, 5.74) is 14.2. The molecule has 0 fully saturated rings. The van der Waals surface area contributed by atoms with E-state index in [9.17, 15) is 0 Å². The van der Waals surface area contributed by atoms with Gasteiger partial charge in [-0.1, -0.05) is 141 Å². The fourth-order valence-electron chi connectivity index (χ4n) is 10.6. The Labute approximate surface area is 319 Å². The first kappa shape index (κ1) is 30.8. The number of furan rings is 1. The fraction of sp³-hybridized carbons (Fsp3) is 0.115. The lowest BCUT2D eigenvalue weighted by Crippen LogP contribution is -2.33. The lowest BCUT2D eigenvalue weighted by atomic mass is 9.72. The van der Waals surface area contributed by atoms with Crippen molar-refractivity contribution in [3.8, 4) is 16.8 Å². The quantitative estimate of drug-likeness (QED) is 0.179. The van der Waals surface area contributed by atoms with E-state index in [4.69, 9.17) is 4.42 Å². The molecule has 2 aliphatic rings. The van der Waals surface area contributed by atoms with Gasteiger partial charge in [0.15, 0.2) is 0 Å². The smallest absolute Gasteiger partial charge is 0.145 e. The highest BCUT2D eigenvalue weighted by Crippen LogP contribution is 2.55. The van der Waals surface area contributed by atoms with E-state index in [1.165, 1.54) is 66.2 Å². The minimum absolute atomic E-state index is 0.00107. The first-order chi connectivity index (χ1) is 26.9. The summed E-state index contributed by atoms with van der Waals surface area (Å²) in [6.45, 7) is 7.23. The molecule has 2 aliphatic carbocycles. The molecule has 3 heterocycles. The Morgan fingerprint density at radius 1 is 0.509 bits per heavy atom. The summed E-state index contributed by atoms with van der Waals surface area (Å²) in [4.78, 5) is 0. The predicted molar refractivity (Wildman–Crippen MR) is 230 cm³/mol. The number of benzene rings is 7. The molecule has 3 heteroatoms. The molecule has 262 valence electrons. The Morgan fingerprint density at radius 3 is 2.04 bits per heavy atom. The maximum Gasteiger partial charge on any atom is 0.145 e. The van der Waals surface area contributed by atoms with Crippen LogP contribution in [-0.2, 0) is 10.8 Å². The lowest BCUT2D eigenvalue weighted by Gasteiger charge is -2.39. The topological polar surface area (TPSA) is 23.0 Å². The fourth-order valence-corrected chi connectivity index (χ4v) is 10.6. The minimum Gasteiger partial charge on any atom is -0.455 e. The highest BCUT2D eigenvalue weighted by Gasteiger charge is 2.41. The molecule has 0 saturated heterocycles. The number of fused-ring (bicyclic) bond motifs is 14. The maximum atomic E-state index is 6.67. The number of hydrogen-bond acceptors (Lipinski definition) is 1. The van der Waals surface area contributed by atoms with Gasteiger partial charge in [0.25, 0.3) is 0 Å². The zero-order valence-corrected chi connectivity index (χ0v) is 31.0. The van der Waals surface area contributed by atoms with Crippen LogP contribution in [0.2, 0.25) is 0 Å². The number of rotatable bonds is 3. The molecular formula is C52H38N2O. The Hall–Kier alpha value is -6.58. The van der Waals surface area contributed by atoms with Crippen LogP contribution in [0.4, 0.5) is 0 Å². The SMILES string of the molecule is CC1(C)c2ccccc2-c2ccc3c(c21)c1ccccc1n3C1C=CC=C[C@]1(C)c1ccccc1-n1c2ccccc2c2c3oc4ccccc4c3ccc21. The first-order valence-corrected chi connectivity index (χ1v) is 19.4. The van der Waals surface area contributed by atoms with Crippen molar-refractivity contribution < 1.29 is 4.42 Å².